The van der Waals surface area contributed by atoms with Gasteiger partial charge in [-0.25, -0.2) is 4.79 Å². The van der Waals surface area contributed by atoms with Gasteiger partial charge in [-0.15, -0.1) is 0 Å². The standard InChI is InChI=1S/C13H17N3O4/c14-6-8-2-1-3-15(8)12(18)11-7-4-9(10(17)5-7)16(11)13(19)20/h7-11,17H,1-5H2,(H,19,20)/t7-,8-,9+,10-,11-/m0/s1. The Hall–Kier alpha value is -1.81. The van der Waals surface area contributed by atoms with Crippen molar-refractivity contribution in [1.82, 2.24) is 9.80 Å². The third-order valence-electron chi connectivity index (χ3n) is 4.79. The van der Waals surface area contributed by atoms with Gasteiger partial charge in [0.2, 0.25) is 5.91 Å². The maximum absolute atomic E-state index is 12.6. The first kappa shape index (κ1) is 13.2. The lowest BCUT2D eigenvalue weighted by Crippen LogP contribution is -2.57. The van der Waals surface area contributed by atoms with Gasteiger partial charge in [-0.3, -0.25) is 9.69 Å². The van der Waals surface area contributed by atoms with E-state index in [0.29, 0.717) is 25.8 Å². The van der Waals surface area contributed by atoms with E-state index in [4.69, 9.17) is 5.26 Å². The summed E-state index contributed by atoms with van der Waals surface area (Å²) >= 11 is 0. The van der Waals surface area contributed by atoms with Crippen molar-refractivity contribution < 1.29 is 19.8 Å². The van der Waals surface area contributed by atoms with E-state index in [2.05, 4.69) is 6.07 Å². The van der Waals surface area contributed by atoms with E-state index in [9.17, 15) is 19.8 Å². The Morgan fingerprint density at radius 3 is 2.70 bits per heavy atom. The highest BCUT2D eigenvalue weighted by molar-refractivity contribution is 5.87. The molecule has 7 heteroatoms. The third kappa shape index (κ3) is 1.75. The van der Waals surface area contributed by atoms with Gasteiger partial charge < -0.3 is 15.1 Å². The van der Waals surface area contributed by atoms with Gasteiger partial charge in [0.15, 0.2) is 0 Å². The lowest BCUT2D eigenvalue weighted by atomic mass is 9.96. The molecule has 0 unspecified atom stereocenters. The molecule has 0 aromatic heterocycles. The topological polar surface area (TPSA) is 105 Å². The molecule has 2 N–H and O–H groups in total. The summed E-state index contributed by atoms with van der Waals surface area (Å²) in [6.07, 6.45) is 0.595. The molecule has 20 heavy (non-hydrogen) atoms. The Kier molecular flexibility index (Phi) is 3.05. The first-order chi connectivity index (χ1) is 9.54. The molecule has 0 spiro atoms. The molecule has 2 heterocycles. The summed E-state index contributed by atoms with van der Waals surface area (Å²) in [6, 6.07) is 0.458. The number of fused-ring (bicyclic) bond motifs is 2. The number of aliphatic hydroxyl groups is 1. The smallest absolute Gasteiger partial charge is 0.408 e. The summed E-state index contributed by atoms with van der Waals surface area (Å²) in [4.78, 5) is 26.6. The molecule has 0 aromatic carbocycles. The fourth-order valence-corrected chi connectivity index (χ4v) is 3.94. The number of hydrogen-bond acceptors (Lipinski definition) is 4. The zero-order valence-corrected chi connectivity index (χ0v) is 11.0. The normalized spacial score (nSPS) is 39.1. The SMILES string of the molecule is N#C[C@@H]1CCCN1C(=O)[C@@H]1[C@H]2C[C@H]([C@@H](O)C2)N1C(=O)O. The maximum Gasteiger partial charge on any atom is 0.408 e. The number of nitriles is 1. The van der Waals surface area contributed by atoms with Crippen LogP contribution in [-0.2, 0) is 4.79 Å². The number of carboxylic acid groups (broad SMARTS) is 1. The number of aliphatic hydroxyl groups excluding tert-OH is 1. The Morgan fingerprint density at radius 2 is 2.05 bits per heavy atom. The Balaban J connectivity index is 1.84. The summed E-state index contributed by atoms with van der Waals surface area (Å²) in [5.41, 5.74) is 0. The lowest BCUT2D eigenvalue weighted by Gasteiger charge is -2.37. The van der Waals surface area contributed by atoms with Crippen LogP contribution in [0.25, 0.3) is 0 Å². The van der Waals surface area contributed by atoms with E-state index in [-0.39, 0.29) is 11.8 Å². The molecule has 108 valence electrons. The van der Waals surface area contributed by atoms with Crippen molar-refractivity contribution in [2.75, 3.05) is 6.54 Å². The Labute approximate surface area is 116 Å². The van der Waals surface area contributed by atoms with Crippen LogP contribution in [0, 0.1) is 17.2 Å². The average Bonchev–Trinajstić information content (AvgIpc) is 3.09. The van der Waals surface area contributed by atoms with Crippen LogP contribution in [0.2, 0.25) is 0 Å². The van der Waals surface area contributed by atoms with Gasteiger partial charge in [-0.05, 0) is 31.6 Å². The van der Waals surface area contributed by atoms with Crippen molar-refractivity contribution in [3.8, 4) is 6.07 Å². The van der Waals surface area contributed by atoms with Crippen LogP contribution in [0.1, 0.15) is 25.7 Å². The van der Waals surface area contributed by atoms with E-state index in [1.165, 1.54) is 4.90 Å². The highest BCUT2D eigenvalue weighted by Crippen LogP contribution is 2.43. The molecule has 2 bridgehead atoms. The first-order valence-corrected chi connectivity index (χ1v) is 6.94. The number of carbonyl (C=O) groups excluding carboxylic acids is 1. The molecule has 3 fully saturated rings. The minimum absolute atomic E-state index is 0.126. The van der Waals surface area contributed by atoms with E-state index >= 15 is 0 Å². The summed E-state index contributed by atoms with van der Waals surface area (Å²) in [7, 11) is 0. The zero-order valence-electron chi connectivity index (χ0n) is 11.0. The highest BCUT2D eigenvalue weighted by atomic mass is 16.4. The number of carbonyl (C=O) groups is 2. The van der Waals surface area contributed by atoms with Crippen molar-refractivity contribution >= 4 is 12.0 Å². The molecule has 0 aromatic rings. The van der Waals surface area contributed by atoms with Crippen LogP contribution in [0.15, 0.2) is 0 Å². The molecule has 1 saturated carbocycles. The predicted octanol–water partition coefficient (Wildman–Crippen LogP) is 0.00268. The molecule has 0 radical (unpaired) electrons. The van der Waals surface area contributed by atoms with Crippen molar-refractivity contribution in [2.24, 2.45) is 5.92 Å². The molecule has 3 rings (SSSR count). The Bertz CT molecular complexity index is 488. The van der Waals surface area contributed by atoms with Crippen LogP contribution in [0.3, 0.4) is 0 Å². The number of rotatable bonds is 1. The molecule has 5 atom stereocenters. The minimum atomic E-state index is -1.16. The second-order valence-corrected chi connectivity index (χ2v) is 5.82. The van der Waals surface area contributed by atoms with Crippen molar-refractivity contribution in [3.05, 3.63) is 0 Å². The van der Waals surface area contributed by atoms with Crippen molar-refractivity contribution in [2.45, 2.75) is 49.9 Å². The van der Waals surface area contributed by atoms with E-state index in [0.717, 1.165) is 11.3 Å². The van der Waals surface area contributed by atoms with Gasteiger partial charge in [-0.1, -0.05) is 0 Å². The Morgan fingerprint density at radius 1 is 1.30 bits per heavy atom. The molecule has 2 aliphatic heterocycles. The molecule has 2 amide bonds. The van der Waals surface area contributed by atoms with Crippen LogP contribution in [-0.4, -0.2) is 62.8 Å². The fraction of sp³-hybridized carbons (Fsp3) is 0.769. The maximum atomic E-state index is 12.6. The first-order valence-electron chi connectivity index (χ1n) is 6.94. The second kappa shape index (κ2) is 4.63. The van der Waals surface area contributed by atoms with Crippen LogP contribution in [0.4, 0.5) is 4.79 Å². The summed E-state index contributed by atoms with van der Waals surface area (Å²) in [5.74, 6) is -0.394. The van der Waals surface area contributed by atoms with Gasteiger partial charge in [0.25, 0.3) is 0 Å². The predicted molar refractivity (Wildman–Crippen MR) is 66.5 cm³/mol. The lowest BCUT2D eigenvalue weighted by molar-refractivity contribution is -0.139. The summed E-state index contributed by atoms with van der Waals surface area (Å²) < 4.78 is 0. The molecule has 1 aliphatic carbocycles. The average molecular weight is 279 g/mol. The van der Waals surface area contributed by atoms with Crippen LogP contribution >= 0.6 is 0 Å². The monoisotopic (exact) mass is 279 g/mol. The van der Waals surface area contributed by atoms with Gasteiger partial charge in [-0.2, -0.15) is 5.26 Å². The highest BCUT2D eigenvalue weighted by Gasteiger charge is 2.57. The second-order valence-electron chi connectivity index (χ2n) is 5.82. The van der Waals surface area contributed by atoms with E-state index < -0.39 is 30.3 Å². The minimum Gasteiger partial charge on any atom is -0.465 e. The molecular weight excluding hydrogens is 262 g/mol. The largest absolute Gasteiger partial charge is 0.465 e. The van der Waals surface area contributed by atoms with Crippen molar-refractivity contribution in [1.29, 1.82) is 5.26 Å². The van der Waals surface area contributed by atoms with Crippen LogP contribution < -0.4 is 0 Å². The molecule has 7 nitrogen and oxygen atoms in total. The molecular formula is C13H17N3O4. The number of piperidine rings is 1. The molecule has 3 aliphatic rings. The zero-order chi connectivity index (χ0) is 14.4. The summed E-state index contributed by atoms with van der Waals surface area (Å²) in [5, 5.41) is 28.2. The van der Waals surface area contributed by atoms with E-state index in [1.807, 2.05) is 0 Å². The summed E-state index contributed by atoms with van der Waals surface area (Å²) in [6.45, 7) is 0.515. The number of nitrogens with zero attached hydrogens (tertiary/aromatic N) is 3. The van der Waals surface area contributed by atoms with Gasteiger partial charge in [0.1, 0.15) is 12.1 Å². The quantitative estimate of drug-likeness (QED) is 0.703. The number of amides is 2. The fourth-order valence-electron chi connectivity index (χ4n) is 3.94. The van der Waals surface area contributed by atoms with Gasteiger partial charge in [0.05, 0.1) is 18.2 Å². The van der Waals surface area contributed by atoms with Gasteiger partial charge in [0, 0.05) is 6.54 Å². The van der Waals surface area contributed by atoms with Gasteiger partial charge >= 0.3 is 6.09 Å². The number of hydrogen-bond donors (Lipinski definition) is 2. The van der Waals surface area contributed by atoms with Crippen LogP contribution in [0.5, 0.6) is 0 Å². The van der Waals surface area contributed by atoms with E-state index in [1.54, 1.807) is 0 Å². The number of likely N-dealkylation sites (tertiary alicyclic amines) is 2. The molecule has 2 saturated heterocycles. The third-order valence-corrected chi connectivity index (χ3v) is 4.79. The van der Waals surface area contributed by atoms with Crippen molar-refractivity contribution in [3.63, 3.8) is 0 Å².